The summed E-state index contributed by atoms with van der Waals surface area (Å²) in [6, 6.07) is 13.9. The van der Waals surface area contributed by atoms with Crippen molar-refractivity contribution in [3.8, 4) is 17.1 Å². The molecule has 0 radical (unpaired) electrons. The number of imidazole rings is 1. The Morgan fingerprint density at radius 3 is 2.82 bits per heavy atom. The lowest BCUT2D eigenvalue weighted by atomic mass is 10.2. The van der Waals surface area contributed by atoms with E-state index < -0.39 is 0 Å². The van der Waals surface area contributed by atoms with Crippen LogP contribution in [0.4, 0.5) is 10.1 Å². The number of carbonyl (C=O) groups is 1. The van der Waals surface area contributed by atoms with Crippen LogP contribution in [0, 0.1) is 5.82 Å². The molecule has 0 spiro atoms. The van der Waals surface area contributed by atoms with Gasteiger partial charge >= 0.3 is 0 Å². The molecule has 0 saturated carbocycles. The van der Waals surface area contributed by atoms with Crippen molar-refractivity contribution >= 4 is 23.4 Å². The Kier molecular flexibility index (Phi) is 6.21. The third-order valence-electron chi connectivity index (χ3n) is 5.56. The van der Waals surface area contributed by atoms with Gasteiger partial charge in [0.2, 0.25) is 5.91 Å². The highest BCUT2D eigenvalue weighted by Crippen LogP contribution is 2.25. The van der Waals surface area contributed by atoms with Gasteiger partial charge in [0.15, 0.2) is 11.0 Å². The maximum atomic E-state index is 13.6. The molecule has 168 valence electrons. The third kappa shape index (κ3) is 4.83. The first-order valence-electron chi connectivity index (χ1n) is 10.9. The van der Waals surface area contributed by atoms with Crippen molar-refractivity contribution in [3.63, 3.8) is 0 Å². The van der Waals surface area contributed by atoms with Gasteiger partial charge in [-0.1, -0.05) is 24.2 Å². The topological polar surface area (TPSA) is 77.6 Å². The van der Waals surface area contributed by atoms with Gasteiger partial charge in [0.1, 0.15) is 11.6 Å². The summed E-state index contributed by atoms with van der Waals surface area (Å²) in [6.45, 7) is 0.943. The van der Waals surface area contributed by atoms with E-state index in [4.69, 9.17) is 0 Å². The van der Waals surface area contributed by atoms with Crippen molar-refractivity contribution in [2.45, 2.75) is 37.4 Å². The van der Waals surface area contributed by atoms with Gasteiger partial charge in [-0.25, -0.2) is 9.37 Å². The Morgan fingerprint density at radius 2 is 1.97 bits per heavy atom. The molecule has 0 unspecified atom stereocenters. The van der Waals surface area contributed by atoms with E-state index in [0.29, 0.717) is 16.5 Å². The van der Waals surface area contributed by atoms with Crippen LogP contribution < -0.4 is 5.32 Å². The molecule has 3 heterocycles. The van der Waals surface area contributed by atoms with Crippen LogP contribution in [0.1, 0.15) is 25.1 Å². The molecule has 33 heavy (non-hydrogen) atoms. The van der Waals surface area contributed by atoms with E-state index in [1.807, 2.05) is 24.3 Å². The molecule has 1 N–H and O–H groups in total. The molecular formula is C24H23FN6OS. The minimum Gasteiger partial charge on any atom is -0.325 e. The Hall–Kier alpha value is -3.46. The van der Waals surface area contributed by atoms with E-state index in [9.17, 15) is 9.18 Å². The Labute approximate surface area is 195 Å². The van der Waals surface area contributed by atoms with Gasteiger partial charge in [-0.05, 0) is 55.3 Å². The molecule has 1 amide bonds. The van der Waals surface area contributed by atoms with Gasteiger partial charge < -0.3 is 9.88 Å². The molecule has 0 bridgehead atoms. The second-order valence-corrected chi connectivity index (χ2v) is 8.82. The van der Waals surface area contributed by atoms with Crippen LogP contribution in [0.25, 0.3) is 17.1 Å². The predicted octanol–water partition coefficient (Wildman–Crippen LogP) is 4.73. The van der Waals surface area contributed by atoms with Crippen LogP contribution in [0.3, 0.4) is 0 Å². The molecule has 0 aliphatic carbocycles. The summed E-state index contributed by atoms with van der Waals surface area (Å²) in [6.07, 6.45) is 7.86. The molecule has 1 aliphatic rings. The number of aromatic nitrogens is 5. The molecular weight excluding hydrogens is 439 g/mol. The number of thioether (sulfide) groups is 1. The normalized spacial score (nSPS) is 13.4. The summed E-state index contributed by atoms with van der Waals surface area (Å²) in [5.41, 5.74) is 2.37. The summed E-state index contributed by atoms with van der Waals surface area (Å²) in [4.78, 5) is 16.8. The van der Waals surface area contributed by atoms with Crippen molar-refractivity contribution in [1.82, 2.24) is 24.3 Å². The van der Waals surface area contributed by atoms with E-state index >= 15 is 0 Å². The Balaban J connectivity index is 1.21. The molecule has 2 aromatic carbocycles. The van der Waals surface area contributed by atoms with E-state index in [2.05, 4.69) is 25.1 Å². The highest BCUT2D eigenvalue weighted by molar-refractivity contribution is 7.99. The zero-order valence-corrected chi connectivity index (χ0v) is 18.8. The number of nitrogens with zero attached hydrogens (tertiary/aromatic N) is 5. The first-order chi connectivity index (χ1) is 16.2. The van der Waals surface area contributed by atoms with Crippen LogP contribution in [0.5, 0.6) is 0 Å². The average Bonchev–Trinajstić information content (AvgIpc) is 3.39. The number of halogens is 1. The van der Waals surface area contributed by atoms with Gasteiger partial charge in [0, 0.05) is 36.6 Å². The quantitative estimate of drug-likeness (QED) is 0.419. The number of carbonyl (C=O) groups excluding carboxylic acids is 1. The zero-order valence-electron chi connectivity index (χ0n) is 17.9. The highest BCUT2D eigenvalue weighted by Gasteiger charge is 2.16. The summed E-state index contributed by atoms with van der Waals surface area (Å²) in [7, 11) is 0. The summed E-state index contributed by atoms with van der Waals surface area (Å²) in [5, 5.41) is 12.3. The van der Waals surface area contributed by atoms with Crippen LogP contribution in [0.15, 0.2) is 66.1 Å². The monoisotopic (exact) mass is 462 g/mol. The van der Waals surface area contributed by atoms with Crippen molar-refractivity contribution in [2.24, 2.45) is 0 Å². The molecule has 1 aliphatic heterocycles. The summed E-state index contributed by atoms with van der Waals surface area (Å²) < 4.78 is 17.5. The Morgan fingerprint density at radius 1 is 1.09 bits per heavy atom. The molecule has 0 atom stereocenters. The SMILES string of the molecule is O=C(CSc1nccn1-c1cccc(F)c1)Nc1ccc(-c2nnc3n2CCCCC3)cc1. The second kappa shape index (κ2) is 9.58. The number of aryl methyl sites for hydroxylation is 1. The largest absolute Gasteiger partial charge is 0.325 e. The van der Waals surface area contributed by atoms with Crippen molar-refractivity contribution in [2.75, 3.05) is 11.1 Å². The van der Waals surface area contributed by atoms with Gasteiger partial charge in [0.25, 0.3) is 0 Å². The number of hydrogen-bond donors (Lipinski definition) is 1. The van der Waals surface area contributed by atoms with Crippen LogP contribution in [-0.4, -0.2) is 36.0 Å². The summed E-state index contributed by atoms with van der Waals surface area (Å²) >= 11 is 1.30. The number of rotatable bonds is 6. The molecule has 7 nitrogen and oxygen atoms in total. The van der Waals surface area contributed by atoms with Crippen molar-refractivity contribution in [1.29, 1.82) is 0 Å². The van der Waals surface area contributed by atoms with Crippen molar-refractivity contribution < 1.29 is 9.18 Å². The fourth-order valence-corrected chi connectivity index (χ4v) is 4.72. The van der Waals surface area contributed by atoms with E-state index in [-0.39, 0.29) is 17.5 Å². The zero-order chi connectivity index (χ0) is 22.6. The molecule has 0 saturated heterocycles. The fourth-order valence-electron chi connectivity index (χ4n) is 3.95. The second-order valence-electron chi connectivity index (χ2n) is 7.88. The van der Waals surface area contributed by atoms with Crippen LogP contribution >= 0.6 is 11.8 Å². The maximum Gasteiger partial charge on any atom is 0.234 e. The number of anilines is 1. The lowest BCUT2D eigenvalue weighted by Gasteiger charge is -2.09. The molecule has 5 rings (SSSR count). The van der Waals surface area contributed by atoms with E-state index in [0.717, 1.165) is 43.0 Å². The van der Waals surface area contributed by atoms with Gasteiger partial charge in [-0.2, -0.15) is 0 Å². The fraction of sp³-hybridized carbons (Fsp3) is 0.250. The third-order valence-corrected chi connectivity index (χ3v) is 6.53. The van der Waals surface area contributed by atoms with E-state index in [1.54, 1.807) is 29.1 Å². The van der Waals surface area contributed by atoms with Gasteiger partial charge in [-0.15, -0.1) is 10.2 Å². The number of nitrogens with one attached hydrogen (secondary N) is 1. The van der Waals surface area contributed by atoms with Gasteiger partial charge in [-0.3, -0.25) is 9.36 Å². The molecule has 2 aromatic heterocycles. The number of amides is 1. The first kappa shape index (κ1) is 21.4. The summed E-state index contributed by atoms with van der Waals surface area (Å²) in [5.74, 6) is 1.66. The average molecular weight is 463 g/mol. The molecule has 0 fully saturated rings. The Bertz CT molecular complexity index is 1270. The molecule has 9 heteroatoms. The number of fused-ring (bicyclic) bond motifs is 1. The smallest absolute Gasteiger partial charge is 0.234 e. The van der Waals surface area contributed by atoms with Crippen molar-refractivity contribution in [3.05, 3.63) is 72.6 Å². The first-order valence-corrected chi connectivity index (χ1v) is 11.9. The lowest BCUT2D eigenvalue weighted by Crippen LogP contribution is -2.14. The minimum absolute atomic E-state index is 0.141. The van der Waals surface area contributed by atoms with E-state index in [1.165, 1.54) is 30.3 Å². The number of hydrogen-bond acceptors (Lipinski definition) is 5. The lowest BCUT2D eigenvalue weighted by molar-refractivity contribution is -0.113. The predicted molar refractivity (Wildman–Crippen MR) is 126 cm³/mol. The number of benzene rings is 2. The van der Waals surface area contributed by atoms with Gasteiger partial charge in [0.05, 0.1) is 11.4 Å². The highest BCUT2D eigenvalue weighted by atomic mass is 32.2. The van der Waals surface area contributed by atoms with Crippen LogP contribution in [0.2, 0.25) is 0 Å². The molecule has 4 aromatic rings. The minimum atomic E-state index is -0.319. The maximum absolute atomic E-state index is 13.6. The standard InChI is InChI=1S/C24H23FN6OS/c25-18-5-4-6-20(15-18)30-14-12-26-24(30)33-16-22(32)27-19-10-8-17(9-11-19)23-29-28-21-7-2-1-3-13-31(21)23/h4-6,8-12,14-15H,1-3,7,13,16H2,(H,27,32). The van der Waals surface area contributed by atoms with Crippen LogP contribution in [-0.2, 0) is 17.8 Å².